The summed E-state index contributed by atoms with van der Waals surface area (Å²) in [6.07, 6.45) is -5.63. The molecule has 0 saturated carbocycles. The molecule has 0 unspecified atom stereocenters. The number of carbonyl (C=O) groups is 1. The maximum Gasteiger partial charge on any atom is 0.417 e. The number of rotatable bonds is 3. The molecule has 8 heteroatoms. The number of benzene rings is 1. The first-order chi connectivity index (χ1) is 10.2. The van der Waals surface area contributed by atoms with Gasteiger partial charge in [0.1, 0.15) is 11.5 Å². The average Bonchev–Trinajstić information content (AvgIpc) is 2.40. The highest BCUT2D eigenvalue weighted by Crippen LogP contribution is 2.37. The lowest BCUT2D eigenvalue weighted by Crippen LogP contribution is -2.11. The van der Waals surface area contributed by atoms with Gasteiger partial charge in [-0.2, -0.15) is 13.2 Å². The molecule has 0 aliphatic heterocycles. The van der Waals surface area contributed by atoms with Crippen LogP contribution in [-0.4, -0.2) is 16.1 Å². The van der Waals surface area contributed by atoms with Gasteiger partial charge in [0.05, 0.1) is 17.7 Å². The molecule has 0 amide bonds. The number of pyridine rings is 1. The molecule has 22 heavy (non-hydrogen) atoms. The van der Waals surface area contributed by atoms with Gasteiger partial charge < -0.3 is 5.11 Å². The molecule has 2 rings (SSSR count). The molecular formula is C14H8F5NO2. The molecule has 2 aromatic rings. The van der Waals surface area contributed by atoms with Gasteiger partial charge in [0.2, 0.25) is 0 Å². The first-order valence-electron chi connectivity index (χ1n) is 5.93. The summed E-state index contributed by atoms with van der Waals surface area (Å²) >= 11 is 0. The van der Waals surface area contributed by atoms with E-state index in [0.29, 0.717) is 6.07 Å². The molecule has 116 valence electrons. The number of hydrogen-bond acceptors (Lipinski definition) is 2. The molecule has 1 heterocycles. The average molecular weight is 317 g/mol. The SMILES string of the molecule is O=C(O)Cc1nc(-c2ccccc2C(F)(F)F)c(F)cc1F. The summed E-state index contributed by atoms with van der Waals surface area (Å²) in [7, 11) is 0. The highest BCUT2D eigenvalue weighted by atomic mass is 19.4. The van der Waals surface area contributed by atoms with E-state index in [1.807, 2.05) is 0 Å². The fourth-order valence-electron chi connectivity index (χ4n) is 1.90. The van der Waals surface area contributed by atoms with Gasteiger partial charge in [0.25, 0.3) is 0 Å². The molecule has 0 spiro atoms. The van der Waals surface area contributed by atoms with E-state index in [-0.39, 0.29) is 0 Å². The minimum absolute atomic E-state index is 0.327. The quantitative estimate of drug-likeness (QED) is 0.879. The lowest BCUT2D eigenvalue weighted by molar-refractivity contribution is -0.137. The Hall–Kier alpha value is -2.51. The Morgan fingerprint density at radius 1 is 1.14 bits per heavy atom. The Morgan fingerprint density at radius 3 is 2.36 bits per heavy atom. The van der Waals surface area contributed by atoms with E-state index in [1.54, 1.807) is 0 Å². The van der Waals surface area contributed by atoms with E-state index in [1.165, 1.54) is 6.07 Å². The van der Waals surface area contributed by atoms with Crippen molar-refractivity contribution < 1.29 is 31.9 Å². The molecular weight excluding hydrogens is 309 g/mol. The van der Waals surface area contributed by atoms with Crippen molar-refractivity contribution in [1.82, 2.24) is 4.98 Å². The number of aromatic nitrogens is 1. The summed E-state index contributed by atoms with van der Waals surface area (Å²) in [5, 5.41) is 8.63. The van der Waals surface area contributed by atoms with Gasteiger partial charge in [-0.3, -0.25) is 4.79 Å². The van der Waals surface area contributed by atoms with E-state index in [4.69, 9.17) is 5.11 Å². The normalized spacial score (nSPS) is 11.5. The molecule has 1 aromatic carbocycles. The number of carboxylic acids is 1. The minimum atomic E-state index is -4.76. The number of alkyl halides is 3. The van der Waals surface area contributed by atoms with Crippen molar-refractivity contribution >= 4 is 5.97 Å². The van der Waals surface area contributed by atoms with Crippen LogP contribution in [0.15, 0.2) is 30.3 Å². The van der Waals surface area contributed by atoms with Gasteiger partial charge in [0, 0.05) is 11.6 Å². The second-order valence-electron chi connectivity index (χ2n) is 4.36. The van der Waals surface area contributed by atoms with Gasteiger partial charge in [-0.25, -0.2) is 13.8 Å². The topological polar surface area (TPSA) is 50.2 Å². The lowest BCUT2D eigenvalue weighted by Gasteiger charge is -2.13. The van der Waals surface area contributed by atoms with Gasteiger partial charge in [-0.15, -0.1) is 0 Å². The standard InChI is InChI=1S/C14H8F5NO2/c15-9-5-10(16)13(20-11(9)6-12(21)22)7-3-1-2-4-8(7)14(17,18)19/h1-5H,6H2,(H,21,22). The fourth-order valence-corrected chi connectivity index (χ4v) is 1.90. The maximum atomic E-state index is 13.8. The summed E-state index contributed by atoms with van der Waals surface area (Å²) in [6.45, 7) is 0. The fraction of sp³-hybridized carbons (Fsp3) is 0.143. The molecule has 0 atom stereocenters. The Kier molecular flexibility index (Phi) is 4.11. The lowest BCUT2D eigenvalue weighted by atomic mass is 10.0. The summed E-state index contributed by atoms with van der Waals surface area (Å²) in [6, 6.07) is 4.40. The summed E-state index contributed by atoms with van der Waals surface area (Å²) in [4.78, 5) is 14.0. The van der Waals surface area contributed by atoms with E-state index in [2.05, 4.69) is 4.98 Å². The molecule has 1 N–H and O–H groups in total. The summed E-state index contributed by atoms with van der Waals surface area (Å²) in [5.41, 5.74) is -3.11. The van der Waals surface area contributed by atoms with Crippen LogP contribution < -0.4 is 0 Å². The highest BCUT2D eigenvalue weighted by Gasteiger charge is 2.34. The maximum absolute atomic E-state index is 13.8. The molecule has 0 radical (unpaired) electrons. The van der Waals surface area contributed by atoms with Crippen LogP contribution in [0, 0.1) is 11.6 Å². The molecule has 0 bridgehead atoms. The number of carboxylic acid groups (broad SMARTS) is 1. The van der Waals surface area contributed by atoms with Crippen molar-refractivity contribution in [3.8, 4) is 11.3 Å². The zero-order valence-corrected chi connectivity index (χ0v) is 10.8. The monoisotopic (exact) mass is 317 g/mol. The van der Waals surface area contributed by atoms with E-state index in [9.17, 15) is 26.7 Å². The van der Waals surface area contributed by atoms with Crippen LogP contribution in [0.4, 0.5) is 22.0 Å². The van der Waals surface area contributed by atoms with Crippen molar-refractivity contribution in [2.75, 3.05) is 0 Å². The van der Waals surface area contributed by atoms with Gasteiger partial charge in [0.15, 0.2) is 5.82 Å². The smallest absolute Gasteiger partial charge is 0.417 e. The van der Waals surface area contributed by atoms with Crippen LogP contribution in [-0.2, 0) is 17.4 Å². The van der Waals surface area contributed by atoms with Crippen molar-refractivity contribution in [1.29, 1.82) is 0 Å². The van der Waals surface area contributed by atoms with Crippen molar-refractivity contribution in [2.24, 2.45) is 0 Å². The number of aliphatic carboxylic acids is 1. The first kappa shape index (κ1) is 15.9. The number of hydrogen-bond donors (Lipinski definition) is 1. The Bertz CT molecular complexity index is 728. The molecule has 0 fully saturated rings. The number of halogens is 5. The molecule has 0 aliphatic carbocycles. The van der Waals surface area contributed by atoms with Gasteiger partial charge >= 0.3 is 12.1 Å². The zero-order valence-electron chi connectivity index (χ0n) is 10.8. The summed E-state index contributed by atoms with van der Waals surface area (Å²) in [5.74, 6) is -3.97. The largest absolute Gasteiger partial charge is 0.481 e. The predicted molar refractivity (Wildman–Crippen MR) is 65.9 cm³/mol. The molecule has 0 aliphatic rings. The van der Waals surface area contributed by atoms with Crippen LogP contribution in [0.25, 0.3) is 11.3 Å². The van der Waals surface area contributed by atoms with Crippen LogP contribution in [0.3, 0.4) is 0 Å². The third kappa shape index (κ3) is 3.21. The van der Waals surface area contributed by atoms with Crippen molar-refractivity contribution in [2.45, 2.75) is 12.6 Å². The number of nitrogens with zero attached hydrogens (tertiary/aromatic N) is 1. The molecule has 0 saturated heterocycles. The third-order valence-electron chi connectivity index (χ3n) is 2.81. The van der Waals surface area contributed by atoms with E-state index < -0.39 is 52.7 Å². The third-order valence-corrected chi connectivity index (χ3v) is 2.81. The van der Waals surface area contributed by atoms with Crippen LogP contribution in [0.5, 0.6) is 0 Å². The Balaban J connectivity index is 2.66. The second kappa shape index (κ2) is 5.70. The van der Waals surface area contributed by atoms with E-state index >= 15 is 0 Å². The van der Waals surface area contributed by atoms with Gasteiger partial charge in [-0.1, -0.05) is 18.2 Å². The Labute approximate surface area is 121 Å². The molecule has 1 aromatic heterocycles. The van der Waals surface area contributed by atoms with E-state index in [0.717, 1.165) is 18.2 Å². The first-order valence-corrected chi connectivity index (χ1v) is 5.93. The summed E-state index contributed by atoms with van der Waals surface area (Å²) < 4.78 is 66.1. The van der Waals surface area contributed by atoms with Crippen LogP contribution in [0.2, 0.25) is 0 Å². The predicted octanol–water partition coefficient (Wildman–Crippen LogP) is 3.67. The minimum Gasteiger partial charge on any atom is -0.481 e. The molecule has 3 nitrogen and oxygen atoms in total. The van der Waals surface area contributed by atoms with Crippen molar-refractivity contribution in [3.63, 3.8) is 0 Å². The van der Waals surface area contributed by atoms with Crippen LogP contribution in [0.1, 0.15) is 11.3 Å². The second-order valence-corrected chi connectivity index (χ2v) is 4.36. The van der Waals surface area contributed by atoms with Crippen LogP contribution >= 0.6 is 0 Å². The Morgan fingerprint density at radius 2 is 1.77 bits per heavy atom. The zero-order chi connectivity index (χ0) is 16.5. The van der Waals surface area contributed by atoms with Gasteiger partial charge in [-0.05, 0) is 6.07 Å². The highest BCUT2D eigenvalue weighted by molar-refractivity contribution is 5.71. The van der Waals surface area contributed by atoms with Crippen molar-refractivity contribution in [3.05, 3.63) is 53.2 Å².